The Hall–Kier alpha value is -3.48. The van der Waals surface area contributed by atoms with Crippen molar-refractivity contribution in [3.8, 4) is 11.5 Å². The van der Waals surface area contributed by atoms with Crippen LogP contribution < -0.4 is 9.47 Å². The predicted octanol–water partition coefficient (Wildman–Crippen LogP) is 4.41. The van der Waals surface area contributed by atoms with E-state index in [2.05, 4.69) is 11.1 Å². The van der Waals surface area contributed by atoms with Crippen molar-refractivity contribution < 1.29 is 19.1 Å². The van der Waals surface area contributed by atoms with Crippen molar-refractivity contribution in [1.82, 2.24) is 14.8 Å². The molecule has 0 spiro atoms. The number of nitrogens with one attached hydrogen (secondary N) is 1. The molecule has 7 nitrogen and oxygen atoms in total. The number of hydrogen-bond donors (Lipinski definition) is 1. The molecule has 184 valence electrons. The molecule has 35 heavy (non-hydrogen) atoms. The Morgan fingerprint density at radius 2 is 1.91 bits per heavy atom. The number of benzene rings is 2. The van der Waals surface area contributed by atoms with Crippen molar-refractivity contribution in [3.05, 3.63) is 59.3 Å². The van der Waals surface area contributed by atoms with E-state index in [0.29, 0.717) is 24.7 Å². The largest absolute Gasteiger partial charge is 0.493 e. The molecule has 1 N–H and O–H groups in total. The minimum Gasteiger partial charge on any atom is -0.493 e. The first-order valence-corrected chi connectivity index (χ1v) is 12.4. The number of nitrogens with zero attached hydrogens (tertiary/aromatic N) is 2. The number of hydrogen-bond acceptors (Lipinski definition) is 4. The van der Waals surface area contributed by atoms with Crippen LogP contribution in [0.3, 0.4) is 0 Å². The molecule has 3 aromatic rings. The van der Waals surface area contributed by atoms with Gasteiger partial charge in [0.2, 0.25) is 5.91 Å². The SMILES string of the molecule is CCOc1c(OC)cccc1C1CN2C(=O)CN(C(C)CC)C(=O)C2(C)c2[nH]c3ccccc3c21. The lowest BCUT2D eigenvalue weighted by Gasteiger charge is -2.52. The molecule has 3 unspecified atom stereocenters. The van der Waals surface area contributed by atoms with Gasteiger partial charge in [0.15, 0.2) is 17.0 Å². The first-order chi connectivity index (χ1) is 16.9. The summed E-state index contributed by atoms with van der Waals surface area (Å²) in [5.41, 5.74) is 2.62. The van der Waals surface area contributed by atoms with E-state index in [1.54, 1.807) is 16.9 Å². The van der Waals surface area contributed by atoms with E-state index in [-0.39, 0.29) is 30.3 Å². The molecule has 1 aromatic heterocycles. The van der Waals surface area contributed by atoms with Gasteiger partial charge in [-0.05, 0) is 44.9 Å². The van der Waals surface area contributed by atoms with Gasteiger partial charge in [-0.2, -0.15) is 0 Å². The Labute approximate surface area is 206 Å². The van der Waals surface area contributed by atoms with Gasteiger partial charge in [-0.15, -0.1) is 0 Å². The molecule has 2 aliphatic heterocycles. The Kier molecular flexibility index (Phi) is 5.74. The zero-order valence-electron chi connectivity index (χ0n) is 21.1. The normalized spacial score (nSPS) is 22.7. The van der Waals surface area contributed by atoms with Crippen LogP contribution in [0, 0.1) is 0 Å². The van der Waals surface area contributed by atoms with Gasteiger partial charge < -0.3 is 24.3 Å². The van der Waals surface area contributed by atoms with Gasteiger partial charge in [-0.3, -0.25) is 9.59 Å². The molecule has 2 aromatic carbocycles. The molecule has 2 aliphatic rings. The first-order valence-electron chi connectivity index (χ1n) is 12.4. The Morgan fingerprint density at radius 3 is 2.63 bits per heavy atom. The molecule has 7 heteroatoms. The molecule has 0 aliphatic carbocycles. The molecular weight excluding hydrogens is 442 g/mol. The van der Waals surface area contributed by atoms with Crippen molar-refractivity contribution in [2.45, 2.75) is 51.6 Å². The maximum absolute atomic E-state index is 14.0. The van der Waals surface area contributed by atoms with E-state index in [1.807, 2.05) is 64.1 Å². The monoisotopic (exact) mass is 475 g/mol. The molecule has 3 heterocycles. The standard InChI is InChI=1S/C28H33N3O4/c1-6-17(3)30-16-23(32)31-15-20(18-12-10-14-22(34-5)25(18)35-7-2)24-19-11-8-9-13-21(19)29-26(24)28(31,4)27(30)33/h8-14,17,20,29H,6-7,15-16H2,1-5H3. The van der Waals surface area contributed by atoms with Gasteiger partial charge in [0.1, 0.15) is 6.54 Å². The molecule has 5 rings (SSSR count). The number of H-pyrrole nitrogens is 1. The van der Waals surface area contributed by atoms with Gasteiger partial charge in [-0.1, -0.05) is 37.3 Å². The summed E-state index contributed by atoms with van der Waals surface area (Å²) in [6, 6.07) is 14.0. The summed E-state index contributed by atoms with van der Waals surface area (Å²) in [5, 5.41) is 1.06. The van der Waals surface area contributed by atoms with E-state index < -0.39 is 5.54 Å². The fourth-order valence-corrected chi connectivity index (χ4v) is 5.75. The van der Waals surface area contributed by atoms with Crippen molar-refractivity contribution in [2.75, 3.05) is 26.8 Å². The van der Waals surface area contributed by atoms with Gasteiger partial charge in [0.25, 0.3) is 5.91 Å². The number of aromatic nitrogens is 1. The highest BCUT2D eigenvalue weighted by Crippen LogP contribution is 2.50. The number of fused-ring (bicyclic) bond motifs is 5. The highest BCUT2D eigenvalue weighted by atomic mass is 16.5. The van der Waals surface area contributed by atoms with E-state index in [0.717, 1.165) is 34.1 Å². The van der Waals surface area contributed by atoms with Crippen LogP contribution in [0.5, 0.6) is 11.5 Å². The summed E-state index contributed by atoms with van der Waals surface area (Å²) < 4.78 is 11.7. The summed E-state index contributed by atoms with van der Waals surface area (Å²) in [5.74, 6) is 1.08. The smallest absolute Gasteiger partial charge is 0.255 e. The number of piperazine rings is 1. The number of ether oxygens (including phenoxy) is 2. The number of para-hydroxylation sites is 2. The quantitative estimate of drug-likeness (QED) is 0.573. The lowest BCUT2D eigenvalue weighted by molar-refractivity contribution is -0.168. The third-order valence-electron chi connectivity index (χ3n) is 7.79. The summed E-state index contributed by atoms with van der Waals surface area (Å²) in [6.07, 6.45) is 0.790. The van der Waals surface area contributed by atoms with Crippen LogP contribution in [-0.4, -0.2) is 59.4 Å². The number of methoxy groups -OCH3 is 1. The van der Waals surface area contributed by atoms with Gasteiger partial charge in [0, 0.05) is 35.0 Å². The molecule has 2 amide bonds. The Morgan fingerprint density at radius 1 is 1.14 bits per heavy atom. The third-order valence-corrected chi connectivity index (χ3v) is 7.79. The third kappa shape index (κ3) is 3.32. The average molecular weight is 476 g/mol. The zero-order valence-corrected chi connectivity index (χ0v) is 21.1. The summed E-state index contributed by atoms with van der Waals surface area (Å²) in [7, 11) is 1.63. The van der Waals surface area contributed by atoms with Crippen LogP contribution >= 0.6 is 0 Å². The number of carbonyl (C=O) groups excluding carboxylic acids is 2. The molecular formula is C28H33N3O4. The van der Waals surface area contributed by atoms with Crippen LogP contribution in [-0.2, 0) is 15.1 Å². The maximum atomic E-state index is 14.0. The fourth-order valence-electron chi connectivity index (χ4n) is 5.75. The minimum atomic E-state index is -1.10. The van der Waals surface area contributed by atoms with Crippen LogP contribution in [0.2, 0.25) is 0 Å². The Bertz CT molecular complexity index is 1300. The highest BCUT2D eigenvalue weighted by Gasteiger charge is 2.57. The summed E-state index contributed by atoms with van der Waals surface area (Å²) >= 11 is 0. The second kappa shape index (κ2) is 8.63. The average Bonchev–Trinajstić information content (AvgIpc) is 3.27. The Balaban J connectivity index is 1.78. The van der Waals surface area contributed by atoms with Crippen LogP contribution in [0.25, 0.3) is 10.9 Å². The lowest BCUT2D eigenvalue weighted by atomic mass is 9.76. The van der Waals surface area contributed by atoms with E-state index in [9.17, 15) is 9.59 Å². The second-order valence-corrected chi connectivity index (χ2v) is 9.59. The topological polar surface area (TPSA) is 74.9 Å². The van der Waals surface area contributed by atoms with Crippen LogP contribution in [0.15, 0.2) is 42.5 Å². The van der Waals surface area contributed by atoms with Crippen molar-refractivity contribution in [2.24, 2.45) is 0 Å². The van der Waals surface area contributed by atoms with Gasteiger partial charge >= 0.3 is 0 Å². The number of amides is 2. The highest BCUT2D eigenvalue weighted by molar-refractivity contribution is 6.01. The van der Waals surface area contributed by atoms with Crippen molar-refractivity contribution in [3.63, 3.8) is 0 Å². The van der Waals surface area contributed by atoms with Gasteiger partial charge in [-0.25, -0.2) is 0 Å². The molecule has 1 saturated heterocycles. The molecule has 3 atom stereocenters. The number of rotatable bonds is 6. The van der Waals surface area contributed by atoms with Crippen LogP contribution in [0.4, 0.5) is 0 Å². The minimum absolute atomic E-state index is 0.0149. The van der Waals surface area contributed by atoms with Crippen LogP contribution in [0.1, 0.15) is 56.9 Å². The molecule has 0 bridgehead atoms. The summed E-state index contributed by atoms with van der Waals surface area (Å²) in [4.78, 5) is 34.7. The number of aromatic amines is 1. The van der Waals surface area contributed by atoms with Crippen molar-refractivity contribution in [1.29, 1.82) is 0 Å². The van der Waals surface area contributed by atoms with E-state index in [1.165, 1.54) is 0 Å². The fraction of sp³-hybridized carbons (Fsp3) is 0.429. The second-order valence-electron chi connectivity index (χ2n) is 9.59. The van der Waals surface area contributed by atoms with E-state index in [4.69, 9.17) is 9.47 Å². The van der Waals surface area contributed by atoms with Gasteiger partial charge in [0.05, 0.1) is 19.4 Å². The predicted molar refractivity (Wildman–Crippen MR) is 135 cm³/mol. The lowest BCUT2D eigenvalue weighted by Crippen LogP contribution is -2.68. The zero-order chi connectivity index (χ0) is 24.9. The van der Waals surface area contributed by atoms with Crippen molar-refractivity contribution >= 4 is 22.7 Å². The first kappa shape index (κ1) is 23.3. The number of carbonyl (C=O) groups is 2. The maximum Gasteiger partial charge on any atom is 0.255 e. The molecule has 0 saturated carbocycles. The molecule has 1 fully saturated rings. The molecule has 0 radical (unpaired) electrons. The van der Waals surface area contributed by atoms with E-state index >= 15 is 0 Å². The summed E-state index contributed by atoms with van der Waals surface area (Å²) in [6.45, 7) is 8.86.